The van der Waals surface area contributed by atoms with E-state index in [0.717, 1.165) is 32.5 Å². The number of ketones is 1. The Labute approximate surface area is 337 Å². The van der Waals surface area contributed by atoms with E-state index in [-0.39, 0.29) is 48.6 Å². The summed E-state index contributed by atoms with van der Waals surface area (Å²) in [6.07, 6.45) is 10.5. The molecule has 4 N–H and O–H groups in total. The lowest BCUT2D eigenvalue weighted by atomic mass is 9.31. The van der Waals surface area contributed by atoms with Crippen molar-refractivity contribution in [3.05, 3.63) is 48.1 Å². The van der Waals surface area contributed by atoms with Crippen LogP contribution in [0.4, 0.5) is 0 Å². The van der Waals surface area contributed by atoms with Gasteiger partial charge in [0, 0.05) is 35.4 Å². The molecule has 0 radical (unpaired) electrons. The summed E-state index contributed by atoms with van der Waals surface area (Å²) in [4.78, 5) is 45.8. The fraction of sp³-hybridized carbons (Fsp3) is 0.756. The van der Waals surface area contributed by atoms with Gasteiger partial charge in [0.1, 0.15) is 30.2 Å². The summed E-state index contributed by atoms with van der Waals surface area (Å²) in [6.45, 7) is 7.39. The van der Waals surface area contributed by atoms with Crippen molar-refractivity contribution < 1.29 is 53.1 Å². The summed E-state index contributed by atoms with van der Waals surface area (Å²) >= 11 is 0. The van der Waals surface area contributed by atoms with Crippen molar-refractivity contribution in [1.82, 2.24) is 10.2 Å². The Hall–Kier alpha value is -3.07. The summed E-state index contributed by atoms with van der Waals surface area (Å²) in [5.74, 6) is -0.856. The van der Waals surface area contributed by atoms with Gasteiger partial charge in [-0.25, -0.2) is 4.79 Å². The lowest BCUT2D eigenvalue weighted by Crippen LogP contribution is -2.80. The minimum Gasteiger partial charge on any atom is -0.469 e. The van der Waals surface area contributed by atoms with E-state index >= 15 is 4.79 Å². The highest BCUT2D eigenvalue weighted by Crippen LogP contribution is 2.86. The van der Waals surface area contributed by atoms with Gasteiger partial charge in [0.05, 0.1) is 54.1 Å². The normalized spacial score (nSPS) is 51.9. The first-order valence-electron chi connectivity index (χ1n) is 21.9. The maximum atomic E-state index is 15.4. The fourth-order valence-electron chi connectivity index (χ4n) is 16.9. The number of fused-ring (bicyclic) bond motifs is 5. The highest BCUT2D eigenvalue weighted by atomic mass is 16.7. The van der Waals surface area contributed by atoms with Crippen molar-refractivity contribution in [3.63, 3.8) is 0 Å². The number of Topliss-reactive ketones (excluding diaryl/α,β-unsaturated/α-hetero) is 1. The summed E-state index contributed by atoms with van der Waals surface area (Å²) in [7, 11) is 0. The van der Waals surface area contributed by atoms with Gasteiger partial charge < -0.3 is 43.6 Å². The Bertz CT molecular complexity index is 2050. The molecule has 5 saturated heterocycles. The van der Waals surface area contributed by atoms with Gasteiger partial charge in [-0.2, -0.15) is 0 Å². The number of allylic oxidation sites excluding steroid dienone is 2. The standard InChI is InChI=1S/C45H56N2O11/c1-40(2)44-12-4-11-42(33(50)34(44)51)32-24(6-8-27-36(57-40)43(32,44)20-55-38(27)52)17-41(3)35(56-39(53)37-45(41,42)58-37)26-10-14-54-31(26)16-28(30(49)19-48)22-5-7-25-23(15-22)9-13-47-21-46-18-29(25)47/h4,9-10,12-14,22-25,27-30,32-33,35-37,46,48-50H,5-8,11,15-21H2,1-3H3. The van der Waals surface area contributed by atoms with Crippen LogP contribution in [0, 0.1) is 63.1 Å². The quantitative estimate of drug-likeness (QED) is 0.188. The summed E-state index contributed by atoms with van der Waals surface area (Å²) in [5, 5.41) is 38.3. The Balaban J connectivity index is 0.950. The molecule has 12 aliphatic rings. The predicted octanol–water partition coefficient (Wildman–Crippen LogP) is 2.97. The molecule has 4 saturated carbocycles. The zero-order valence-corrected chi connectivity index (χ0v) is 33.5. The van der Waals surface area contributed by atoms with Gasteiger partial charge in [0.2, 0.25) is 0 Å². The second-order valence-electron chi connectivity index (χ2n) is 20.9. The Morgan fingerprint density at radius 1 is 1.03 bits per heavy atom. The monoisotopic (exact) mass is 800 g/mol. The smallest absolute Gasteiger partial charge is 0.339 e. The SMILES string of the molecule is CC1(C)OC2C3CCC4CC5(C)C(c6ccoc6CC(C(O)CO)C6CCC7C(C=CN8CNCC78)C6)OC(=O)C6OC65C56CC=CC1(C(=O)C5O)C2(COC3=O)C46. The van der Waals surface area contributed by atoms with E-state index in [1.807, 2.05) is 32.1 Å². The molecule has 0 amide bonds. The molecule has 312 valence electrons. The van der Waals surface area contributed by atoms with Crippen molar-refractivity contribution in [3.8, 4) is 0 Å². The number of hydrogen-bond acceptors (Lipinski definition) is 13. The van der Waals surface area contributed by atoms with Crippen molar-refractivity contribution >= 4 is 17.7 Å². The number of epoxide rings is 1. The van der Waals surface area contributed by atoms with Gasteiger partial charge in [0.25, 0.3) is 0 Å². The van der Waals surface area contributed by atoms with Crippen LogP contribution in [0.3, 0.4) is 0 Å². The highest BCUT2D eigenvalue weighted by Gasteiger charge is 2.95. The molecule has 18 atom stereocenters. The number of rotatable bonds is 6. The fourth-order valence-corrected chi connectivity index (χ4v) is 16.9. The third-order valence-corrected chi connectivity index (χ3v) is 18.8. The molecule has 4 bridgehead atoms. The van der Waals surface area contributed by atoms with Crippen LogP contribution in [-0.2, 0) is 39.8 Å². The van der Waals surface area contributed by atoms with Crippen LogP contribution in [0.25, 0.3) is 0 Å². The van der Waals surface area contributed by atoms with E-state index in [9.17, 15) is 24.9 Å². The third kappa shape index (κ3) is 3.92. The molecule has 9 fully saturated rings. The number of carbonyl (C=O) groups is 3. The van der Waals surface area contributed by atoms with Crippen LogP contribution in [-0.4, -0.2) is 106 Å². The minimum absolute atomic E-state index is 0.00228. The molecule has 0 aromatic carbocycles. The van der Waals surface area contributed by atoms with E-state index in [1.54, 1.807) is 6.26 Å². The second kappa shape index (κ2) is 11.6. The molecule has 58 heavy (non-hydrogen) atoms. The first kappa shape index (κ1) is 36.8. The molecule has 6 aliphatic heterocycles. The van der Waals surface area contributed by atoms with Crippen LogP contribution >= 0.6 is 0 Å². The average molecular weight is 801 g/mol. The number of cyclic esters (lactones) is 2. The molecular formula is C45H56N2O11. The highest BCUT2D eigenvalue weighted by molar-refractivity contribution is 5.97. The Morgan fingerprint density at radius 3 is 2.71 bits per heavy atom. The summed E-state index contributed by atoms with van der Waals surface area (Å²) < 4.78 is 32.7. The number of hydrogen-bond donors (Lipinski definition) is 4. The number of aliphatic hydroxyl groups excluding tert-OH is 3. The second-order valence-corrected chi connectivity index (χ2v) is 20.9. The number of furan rings is 1. The maximum absolute atomic E-state index is 15.4. The average Bonchev–Trinajstić information content (AvgIpc) is 3.57. The number of carbonyl (C=O) groups excluding carboxylic acids is 3. The number of esters is 2. The van der Waals surface area contributed by atoms with E-state index in [4.69, 9.17) is 23.4 Å². The molecule has 13 rings (SSSR count). The molecule has 13 heteroatoms. The first-order valence-corrected chi connectivity index (χ1v) is 21.9. The van der Waals surface area contributed by atoms with Crippen molar-refractivity contribution in [1.29, 1.82) is 0 Å². The van der Waals surface area contributed by atoms with Gasteiger partial charge in [-0.05, 0) is 107 Å². The van der Waals surface area contributed by atoms with Crippen LogP contribution in [0.15, 0.2) is 41.2 Å². The summed E-state index contributed by atoms with van der Waals surface area (Å²) in [6, 6.07) is 2.34. The van der Waals surface area contributed by atoms with E-state index in [0.29, 0.717) is 61.3 Å². The topological polar surface area (TPSA) is 181 Å². The van der Waals surface area contributed by atoms with Crippen LogP contribution in [0.5, 0.6) is 0 Å². The van der Waals surface area contributed by atoms with Gasteiger partial charge in [-0.3, -0.25) is 14.9 Å². The molecule has 7 heterocycles. The van der Waals surface area contributed by atoms with Crippen molar-refractivity contribution in [2.45, 2.75) is 120 Å². The third-order valence-electron chi connectivity index (χ3n) is 18.8. The minimum atomic E-state index is -1.48. The molecule has 18 unspecified atom stereocenters. The first-order chi connectivity index (χ1) is 27.8. The maximum Gasteiger partial charge on any atom is 0.339 e. The molecule has 6 aliphatic carbocycles. The molecule has 4 spiro atoms. The van der Waals surface area contributed by atoms with Gasteiger partial charge in [-0.1, -0.05) is 25.2 Å². The van der Waals surface area contributed by atoms with Crippen LogP contribution in [0.1, 0.15) is 83.1 Å². The van der Waals surface area contributed by atoms with Crippen LogP contribution < -0.4 is 5.32 Å². The zero-order valence-electron chi connectivity index (χ0n) is 33.5. The van der Waals surface area contributed by atoms with Crippen molar-refractivity contribution in [2.75, 3.05) is 26.4 Å². The van der Waals surface area contributed by atoms with E-state index in [1.165, 1.54) is 0 Å². The number of nitrogens with one attached hydrogen (secondary N) is 1. The Morgan fingerprint density at radius 2 is 1.88 bits per heavy atom. The number of nitrogens with zero attached hydrogens (tertiary/aromatic N) is 1. The molecular weight excluding hydrogens is 744 g/mol. The van der Waals surface area contributed by atoms with Gasteiger partial charge >= 0.3 is 11.9 Å². The van der Waals surface area contributed by atoms with Gasteiger partial charge in [0.15, 0.2) is 11.9 Å². The van der Waals surface area contributed by atoms with Crippen LogP contribution in [0.2, 0.25) is 0 Å². The lowest BCUT2D eigenvalue weighted by Gasteiger charge is -2.70. The Kier molecular flexibility index (Phi) is 7.38. The van der Waals surface area contributed by atoms with E-state index in [2.05, 4.69) is 29.4 Å². The number of aliphatic hydroxyl groups is 3. The largest absolute Gasteiger partial charge is 0.469 e. The number of ether oxygens (including phenoxy) is 4. The summed E-state index contributed by atoms with van der Waals surface area (Å²) in [5.41, 5.74) is -6.00. The van der Waals surface area contributed by atoms with Gasteiger partial charge in [-0.15, -0.1) is 0 Å². The predicted molar refractivity (Wildman–Crippen MR) is 202 cm³/mol. The molecule has 1 aromatic heterocycles. The molecule has 1 aromatic rings. The van der Waals surface area contributed by atoms with Crippen molar-refractivity contribution in [2.24, 2.45) is 63.1 Å². The zero-order chi connectivity index (χ0) is 39.9. The lowest BCUT2D eigenvalue weighted by molar-refractivity contribution is -0.276. The molecule has 13 nitrogen and oxygen atoms in total. The van der Waals surface area contributed by atoms with E-state index < -0.39 is 75.3 Å².